The molecule has 10 nitrogen and oxygen atoms in total. The van der Waals surface area contributed by atoms with Gasteiger partial charge in [-0.25, -0.2) is 24.9 Å². The van der Waals surface area contributed by atoms with Crippen LogP contribution in [0.25, 0.3) is 22.3 Å². The molecule has 0 amide bonds. The number of aromatic nitrogens is 8. The molecule has 0 atom stereocenters. The monoisotopic (exact) mass is 378 g/mol. The quantitative estimate of drug-likeness (QED) is 0.327. The highest BCUT2D eigenvalue weighted by molar-refractivity contribution is 9.10. The van der Waals surface area contributed by atoms with E-state index in [4.69, 9.17) is 23.7 Å². The van der Waals surface area contributed by atoms with E-state index in [1.54, 1.807) is 9.35 Å². The lowest BCUT2D eigenvalue weighted by Crippen LogP contribution is -2.11. The molecular formula is C10H7BrN10S. The summed E-state index contributed by atoms with van der Waals surface area (Å²) < 4.78 is 4.04. The molecule has 4 rings (SSSR count). The van der Waals surface area contributed by atoms with E-state index in [0.717, 1.165) is 0 Å². The predicted molar refractivity (Wildman–Crippen MR) is 85.4 cm³/mol. The van der Waals surface area contributed by atoms with Crippen molar-refractivity contribution >= 4 is 62.1 Å². The van der Waals surface area contributed by atoms with Crippen LogP contribution in [0.3, 0.4) is 0 Å². The number of nitrogens with two attached hydrogens (primary N) is 2. The zero-order chi connectivity index (χ0) is 15.4. The Balaban J connectivity index is 2.19. The van der Waals surface area contributed by atoms with Gasteiger partial charge in [0.25, 0.3) is 0 Å². The summed E-state index contributed by atoms with van der Waals surface area (Å²) in [4.78, 5) is 23.6. The fourth-order valence-corrected chi connectivity index (χ4v) is 2.93. The van der Waals surface area contributed by atoms with Gasteiger partial charge in [-0.15, -0.1) is 0 Å². The van der Waals surface area contributed by atoms with Gasteiger partial charge < -0.3 is 16.5 Å². The third-order valence-electron chi connectivity index (χ3n) is 3.09. The Labute approximate surface area is 135 Å². The molecule has 12 heteroatoms. The van der Waals surface area contributed by atoms with E-state index in [9.17, 15) is 0 Å². The molecule has 4 aromatic heterocycles. The van der Waals surface area contributed by atoms with Crippen LogP contribution in [0.4, 0.5) is 11.6 Å². The summed E-state index contributed by atoms with van der Waals surface area (Å²) in [5, 5.41) is 0. The molecular weight excluding hydrogens is 372 g/mol. The number of nitrogens with zero attached hydrogens (tertiary/aromatic N) is 7. The molecule has 0 aliphatic carbocycles. The second kappa shape index (κ2) is 4.45. The van der Waals surface area contributed by atoms with Crippen LogP contribution in [0.1, 0.15) is 0 Å². The van der Waals surface area contributed by atoms with Crippen LogP contribution in [-0.2, 0) is 0 Å². The molecule has 0 fully saturated rings. The van der Waals surface area contributed by atoms with Gasteiger partial charge >= 0.3 is 0 Å². The number of imidazole rings is 2. The summed E-state index contributed by atoms with van der Waals surface area (Å²) in [6.07, 6.45) is 2.71. The van der Waals surface area contributed by atoms with E-state index in [0.29, 0.717) is 37.7 Å². The fourth-order valence-electron chi connectivity index (χ4n) is 2.16. The molecule has 4 aromatic rings. The van der Waals surface area contributed by atoms with E-state index in [-0.39, 0.29) is 5.82 Å². The van der Waals surface area contributed by atoms with Gasteiger partial charge in [0.05, 0.1) is 0 Å². The van der Waals surface area contributed by atoms with Gasteiger partial charge in [-0.2, -0.15) is 9.35 Å². The number of aromatic amines is 1. The standard InChI is InChI=1S/C10H7BrN10S/c11-9-18-3-5(12)14-1-16-7(3)20(9)21-8-4(19-10(21)22)6(13)15-2-17-8/h1-2H,(H,19,22)(H2,12,14,16)(H2,13,15,17). The van der Waals surface area contributed by atoms with Crippen LogP contribution in [0, 0.1) is 4.77 Å². The van der Waals surface area contributed by atoms with Crippen molar-refractivity contribution in [1.82, 2.24) is 39.3 Å². The largest absolute Gasteiger partial charge is 0.382 e. The van der Waals surface area contributed by atoms with Gasteiger partial charge in [0, 0.05) is 0 Å². The average Bonchev–Trinajstić information content (AvgIpc) is 2.98. The predicted octanol–water partition coefficient (Wildman–Crippen LogP) is 0.867. The molecule has 0 radical (unpaired) electrons. The van der Waals surface area contributed by atoms with Crippen molar-refractivity contribution in [3.63, 3.8) is 0 Å². The average molecular weight is 379 g/mol. The maximum atomic E-state index is 5.84. The second-order valence-corrected chi connectivity index (χ2v) is 5.42. The van der Waals surface area contributed by atoms with E-state index in [2.05, 4.69) is 45.8 Å². The van der Waals surface area contributed by atoms with Crippen LogP contribution in [0.5, 0.6) is 0 Å². The van der Waals surface area contributed by atoms with Gasteiger partial charge in [-0.05, 0) is 28.1 Å². The smallest absolute Gasteiger partial charge is 0.199 e. The molecule has 0 bridgehead atoms. The van der Waals surface area contributed by atoms with E-state index in [1.807, 2.05) is 0 Å². The summed E-state index contributed by atoms with van der Waals surface area (Å²) in [5.41, 5.74) is 13.6. The van der Waals surface area contributed by atoms with Crippen molar-refractivity contribution in [2.24, 2.45) is 0 Å². The van der Waals surface area contributed by atoms with E-state index < -0.39 is 0 Å². The molecule has 0 aliphatic heterocycles. The van der Waals surface area contributed by atoms with Crippen LogP contribution < -0.4 is 11.5 Å². The molecule has 0 aromatic carbocycles. The molecule has 0 saturated carbocycles. The number of hydrogen-bond donors (Lipinski definition) is 3. The Bertz CT molecular complexity index is 1090. The van der Waals surface area contributed by atoms with Gasteiger partial charge in [0.1, 0.15) is 18.2 Å². The van der Waals surface area contributed by atoms with Crippen molar-refractivity contribution in [3.05, 3.63) is 22.2 Å². The molecule has 4 heterocycles. The fraction of sp³-hybridized carbons (Fsp3) is 0. The van der Waals surface area contributed by atoms with Crippen molar-refractivity contribution in [3.8, 4) is 0 Å². The third kappa shape index (κ3) is 1.64. The maximum absolute atomic E-state index is 5.84. The minimum Gasteiger partial charge on any atom is -0.382 e. The topological polar surface area (TPSA) is 142 Å². The first-order chi connectivity index (χ1) is 10.6. The van der Waals surface area contributed by atoms with Crippen LogP contribution in [0.15, 0.2) is 17.4 Å². The SMILES string of the molecule is Nc1ncnc2c1nc(Br)n2-n1c(=S)[nH]c2c(N)ncnc21. The van der Waals surface area contributed by atoms with Gasteiger partial charge in [0.2, 0.25) is 0 Å². The normalized spacial score (nSPS) is 11.5. The highest BCUT2D eigenvalue weighted by Crippen LogP contribution is 2.24. The number of nitrogen functional groups attached to an aromatic ring is 2. The number of H-pyrrole nitrogens is 1. The summed E-state index contributed by atoms with van der Waals surface area (Å²) in [7, 11) is 0. The molecule has 0 unspecified atom stereocenters. The number of halogens is 1. The summed E-state index contributed by atoms with van der Waals surface area (Å²) >= 11 is 8.73. The lowest BCUT2D eigenvalue weighted by Gasteiger charge is -2.06. The first-order valence-electron chi connectivity index (χ1n) is 5.94. The highest BCUT2D eigenvalue weighted by Gasteiger charge is 2.18. The Morgan fingerprint density at radius 1 is 1.00 bits per heavy atom. The Kier molecular flexibility index (Phi) is 2.65. The zero-order valence-electron chi connectivity index (χ0n) is 10.7. The molecule has 22 heavy (non-hydrogen) atoms. The van der Waals surface area contributed by atoms with Gasteiger partial charge in [-0.1, -0.05) is 0 Å². The first kappa shape index (κ1) is 13.1. The van der Waals surface area contributed by atoms with Crippen LogP contribution in [-0.4, -0.2) is 39.3 Å². The minimum absolute atomic E-state index is 0.268. The zero-order valence-corrected chi connectivity index (χ0v) is 13.1. The highest BCUT2D eigenvalue weighted by atomic mass is 79.9. The van der Waals surface area contributed by atoms with Crippen molar-refractivity contribution in [1.29, 1.82) is 0 Å². The van der Waals surface area contributed by atoms with Crippen LogP contribution >= 0.6 is 28.1 Å². The lowest BCUT2D eigenvalue weighted by molar-refractivity contribution is 0.661. The molecule has 0 spiro atoms. The molecule has 110 valence electrons. The molecule has 0 aliphatic rings. The number of hydrogen-bond acceptors (Lipinski definition) is 8. The lowest BCUT2D eigenvalue weighted by atomic mass is 10.5. The van der Waals surface area contributed by atoms with E-state index >= 15 is 0 Å². The Morgan fingerprint density at radius 2 is 1.68 bits per heavy atom. The molecule has 5 N–H and O–H groups in total. The van der Waals surface area contributed by atoms with Gasteiger partial charge in [-0.3, -0.25) is 0 Å². The number of nitrogens with one attached hydrogen (secondary N) is 1. The third-order valence-corrected chi connectivity index (χ3v) is 3.88. The number of rotatable bonds is 1. The van der Waals surface area contributed by atoms with Crippen LogP contribution in [0.2, 0.25) is 0 Å². The van der Waals surface area contributed by atoms with E-state index in [1.165, 1.54) is 12.7 Å². The van der Waals surface area contributed by atoms with Crippen molar-refractivity contribution in [2.45, 2.75) is 0 Å². The maximum Gasteiger partial charge on any atom is 0.199 e. The van der Waals surface area contributed by atoms with Crippen molar-refractivity contribution < 1.29 is 0 Å². The summed E-state index contributed by atoms with van der Waals surface area (Å²) in [6.45, 7) is 0. The van der Waals surface area contributed by atoms with Gasteiger partial charge in [0.15, 0.2) is 38.0 Å². The number of fused-ring (bicyclic) bond motifs is 2. The minimum atomic E-state index is 0.268. The van der Waals surface area contributed by atoms with Crippen molar-refractivity contribution in [2.75, 3.05) is 11.5 Å². The summed E-state index contributed by atoms with van der Waals surface area (Å²) in [5.74, 6) is 0.564. The Morgan fingerprint density at radius 3 is 2.45 bits per heavy atom. The molecule has 0 saturated heterocycles. The second-order valence-electron chi connectivity index (χ2n) is 4.32. The first-order valence-corrected chi connectivity index (χ1v) is 7.14. The Hall–Kier alpha value is -2.60. The summed E-state index contributed by atoms with van der Waals surface area (Å²) in [6, 6.07) is 0. The number of anilines is 2.